The fraction of sp³-hybridized carbons (Fsp3) is 0.200. The van der Waals surface area contributed by atoms with Gasteiger partial charge in [0.15, 0.2) is 25.5 Å². The molecule has 9 nitrogen and oxygen atoms in total. The lowest BCUT2D eigenvalue weighted by Gasteiger charge is -2.14. The van der Waals surface area contributed by atoms with Crippen LogP contribution in [0.25, 0.3) is 22.2 Å². The SMILES string of the molecule is CCn1c(=Cc2sc(C3CC3n3c(=Cc4scc[n+]4Cc4ccccc4)sc(=C4Sc5cc(F)ccc5N4C)c3=O)c[n+]2Cc2ccccc2)sc(=C2Sc3ccc(OC(F)(F)F)cc3N2C)c1=O. The number of alkyl halides is 3. The van der Waals surface area contributed by atoms with Gasteiger partial charge in [-0.3, -0.25) is 18.7 Å². The van der Waals surface area contributed by atoms with E-state index in [9.17, 15) is 27.2 Å². The first-order valence-electron chi connectivity index (χ1n) is 21.8. The maximum absolute atomic E-state index is 15.0. The first kappa shape index (κ1) is 45.7. The van der Waals surface area contributed by atoms with Crippen molar-refractivity contribution in [3.05, 3.63) is 186 Å². The van der Waals surface area contributed by atoms with Gasteiger partial charge in [0.25, 0.3) is 21.1 Å². The third-order valence-electron chi connectivity index (χ3n) is 12.1. The summed E-state index contributed by atoms with van der Waals surface area (Å²) in [5, 5.41) is 5.41. The zero-order valence-corrected chi connectivity index (χ0v) is 41.9. The first-order valence-corrected chi connectivity index (χ1v) is 26.8. The minimum Gasteiger partial charge on any atom is -0.406 e. The van der Waals surface area contributed by atoms with Crippen LogP contribution in [0.4, 0.5) is 28.9 Å². The lowest BCUT2D eigenvalue weighted by molar-refractivity contribution is -0.685. The van der Waals surface area contributed by atoms with Crippen LogP contribution in [0, 0.1) is 5.82 Å². The number of thiazole rings is 4. The normalized spacial score (nSPS) is 18.7. The van der Waals surface area contributed by atoms with Gasteiger partial charge in [0.2, 0.25) is 0 Å². The molecule has 1 saturated carbocycles. The number of thioether (sulfide) groups is 2. The molecule has 0 N–H and O–H groups in total. The summed E-state index contributed by atoms with van der Waals surface area (Å²) in [6.45, 7) is 3.59. The van der Waals surface area contributed by atoms with Crippen LogP contribution in [0.1, 0.15) is 51.3 Å². The number of hydrogen-bond donors (Lipinski definition) is 0. The summed E-state index contributed by atoms with van der Waals surface area (Å²) in [6, 6.07) is 29.2. The van der Waals surface area contributed by atoms with Crippen LogP contribution in [-0.4, -0.2) is 29.6 Å². The highest BCUT2D eigenvalue weighted by Crippen LogP contribution is 2.52. The van der Waals surface area contributed by atoms with Gasteiger partial charge < -0.3 is 14.5 Å². The van der Waals surface area contributed by atoms with Gasteiger partial charge in [-0.1, -0.05) is 107 Å². The second kappa shape index (κ2) is 18.2. The number of anilines is 2. The quantitative estimate of drug-likeness (QED) is 0.102. The summed E-state index contributed by atoms with van der Waals surface area (Å²) >= 11 is 8.85. The molecule has 0 spiro atoms. The van der Waals surface area contributed by atoms with Gasteiger partial charge in [0.05, 0.1) is 33.8 Å². The molecule has 4 aromatic carbocycles. The molecular weight excluding hydrogens is 1000 g/mol. The highest BCUT2D eigenvalue weighted by Gasteiger charge is 2.45. The molecular formula is C50H40F4N6O3S6+2. The molecule has 1 aliphatic carbocycles. The molecule has 2 aliphatic heterocycles. The van der Waals surface area contributed by atoms with Crippen LogP contribution in [0.5, 0.6) is 5.75 Å². The summed E-state index contributed by atoms with van der Waals surface area (Å²) in [5.74, 6) is -0.617. The van der Waals surface area contributed by atoms with Crippen molar-refractivity contribution in [2.24, 2.45) is 0 Å². The Labute approximate surface area is 416 Å². The smallest absolute Gasteiger partial charge is 0.406 e. The summed E-state index contributed by atoms with van der Waals surface area (Å²) in [6.07, 6.45) is 4.35. The second-order valence-corrected chi connectivity index (χ2v) is 22.8. The van der Waals surface area contributed by atoms with Crippen molar-refractivity contribution in [1.82, 2.24) is 9.13 Å². The molecule has 8 aromatic rings. The fourth-order valence-electron chi connectivity index (χ4n) is 8.71. The topological polar surface area (TPSA) is 67.5 Å². The van der Waals surface area contributed by atoms with Crippen LogP contribution in [0.3, 0.4) is 0 Å². The predicted molar refractivity (Wildman–Crippen MR) is 270 cm³/mol. The van der Waals surface area contributed by atoms with Crippen molar-refractivity contribution in [3.63, 3.8) is 0 Å². The minimum absolute atomic E-state index is 0.0348. The highest BCUT2D eigenvalue weighted by atomic mass is 32.2. The van der Waals surface area contributed by atoms with Crippen LogP contribution in [0.2, 0.25) is 0 Å². The van der Waals surface area contributed by atoms with Gasteiger partial charge in [0.1, 0.15) is 40.0 Å². The van der Waals surface area contributed by atoms with Gasteiger partial charge in [-0.05, 0) is 43.7 Å². The van der Waals surface area contributed by atoms with Crippen molar-refractivity contribution in [1.29, 1.82) is 0 Å². The van der Waals surface area contributed by atoms with Gasteiger partial charge in [-0.2, -0.15) is 9.13 Å². The van der Waals surface area contributed by atoms with Gasteiger partial charge >= 0.3 is 6.36 Å². The molecule has 69 heavy (non-hydrogen) atoms. The summed E-state index contributed by atoms with van der Waals surface area (Å²) in [5.41, 5.74) is 3.39. The van der Waals surface area contributed by atoms with Crippen molar-refractivity contribution < 1.29 is 31.4 Å². The molecule has 11 rings (SSSR count). The van der Waals surface area contributed by atoms with E-state index >= 15 is 0 Å². The molecule has 0 amide bonds. The van der Waals surface area contributed by atoms with Crippen molar-refractivity contribution in [2.75, 3.05) is 23.9 Å². The Kier molecular flexibility index (Phi) is 12.1. The predicted octanol–water partition coefficient (Wildman–Crippen LogP) is 7.99. The Morgan fingerprint density at radius 2 is 1.39 bits per heavy atom. The Balaban J connectivity index is 1.00. The van der Waals surface area contributed by atoms with Crippen molar-refractivity contribution >= 4 is 102 Å². The van der Waals surface area contributed by atoms with Gasteiger partial charge in [-0.15, -0.1) is 35.8 Å². The zero-order valence-electron chi connectivity index (χ0n) is 37.0. The molecule has 2 atom stereocenters. The van der Waals surface area contributed by atoms with Gasteiger partial charge in [0, 0.05) is 59.6 Å². The number of rotatable bonds is 10. The summed E-state index contributed by atoms with van der Waals surface area (Å²) in [4.78, 5) is 35.5. The van der Waals surface area contributed by atoms with Crippen LogP contribution in [0.15, 0.2) is 134 Å². The number of halogens is 4. The molecule has 0 bridgehead atoms. The van der Waals surface area contributed by atoms with E-state index < -0.39 is 6.36 Å². The first-order chi connectivity index (χ1) is 33.3. The Hall–Kier alpha value is -5.70. The summed E-state index contributed by atoms with van der Waals surface area (Å²) < 4.78 is 68.7. The number of nitrogens with zero attached hydrogens (tertiary/aromatic N) is 6. The van der Waals surface area contributed by atoms with Crippen LogP contribution >= 0.6 is 68.9 Å². The van der Waals surface area contributed by atoms with Crippen LogP contribution in [-0.2, 0) is 19.6 Å². The van der Waals surface area contributed by atoms with Gasteiger partial charge in [-0.25, -0.2) is 4.39 Å². The van der Waals surface area contributed by atoms with E-state index in [4.69, 9.17) is 0 Å². The third kappa shape index (κ3) is 8.93. The average Bonchev–Trinajstić information content (AvgIpc) is 3.80. The molecule has 350 valence electrons. The standard InChI is InChI=1S/C50H40F4N6O3S6/c1-4-59-42(68-44(46(59)61)48-56(3)36-22-32(63-50(52,53)54)16-18-37(36)66-48)25-41-58(27-30-13-9-6-10-14-30)28-39(65-41)33-23-35(33)60-43(24-40-57(19-20-64-40)26-29-11-7-5-8-12-29)69-45(47(60)62)49-55(2)34-17-15-31(51)21-38(34)67-49/h5-22,24-25,28,33,35H,4,23,26-27H2,1-3H3/q+2. The van der Waals surface area contributed by atoms with E-state index in [2.05, 4.69) is 68.1 Å². The molecule has 19 heteroatoms. The second-order valence-electron chi connectivity index (χ2n) is 16.6. The lowest BCUT2D eigenvalue weighted by atomic mass is 10.2. The molecule has 6 heterocycles. The number of ether oxygens (including phenoxy) is 1. The lowest BCUT2D eigenvalue weighted by Crippen LogP contribution is -2.36. The van der Waals surface area contributed by atoms with Crippen molar-refractivity contribution in [2.45, 2.75) is 61.1 Å². The number of hydrogen-bond acceptors (Lipinski definition) is 11. The number of fused-ring (bicyclic) bond motifs is 2. The molecule has 2 unspecified atom stereocenters. The number of aromatic nitrogens is 4. The Bertz CT molecular complexity index is 3690. The summed E-state index contributed by atoms with van der Waals surface area (Å²) in [7, 11) is 3.66. The molecule has 3 aliphatic rings. The fourth-order valence-corrected chi connectivity index (χ4v) is 15.8. The molecule has 0 saturated heterocycles. The maximum Gasteiger partial charge on any atom is 0.573 e. The van der Waals surface area contributed by atoms with E-state index in [1.165, 1.54) is 76.0 Å². The third-order valence-corrected chi connectivity index (χ3v) is 19.1. The Morgan fingerprint density at radius 3 is 2.10 bits per heavy atom. The molecule has 0 radical (unpaired) electrons. The van der Waals surface area contributed by atoms with Crippen LogP contribution < -0.4 is 53.2 Å². The largest absolute Gasteiger partial charge is 0.573 e. The zero-order chi connectivity index (χ0) is 47.7. The van der Waals surface area contributed by atoms with Crippen molar-refractivity contribution in [3.8, 4) is 5.75 Å². The Morgan fingerprint density at radius 1 is 0.739 bits per heavy atom. The van der Waals surface area contributed by atoms with E-state index in [0.717, 1.165) is 56.7 Å². The minimum atomic E-state index is -4.83. The van der Waals surface area contributed by atoms with E-state index in [-0.39, 0.29) is 34.6 Å². The molecule has 4 aromatic heterocycles. The maximum atomic E-state index is 15.0. The van der Waals surface area contributed by atoms with E-state index in [1.807, 2.05) is 59.8 Å². The average molecular weight is 1040 g/mol. The van der Waals surface area contributed by atoms with E-state index in [1.54, 1.807) is 51.3 Å². The molecule has 1 fully saturated rings. The monoisotopic (exact) mass is 1040 g/mol. The highest BCUT2D eigenvalue weighted by molar-refractivity contribution is 8.09. The van der Waals surface area contributed by atoms with E-state index in [0.29, 0.717) is 39.4 Å². The number of benzene rings is 4.